The fourth-order valence-electron chi connectivity index (χ4n) is 1.35. The van der Waals surface area contributed by atoms with E-state index in [9.17, 15) is 9.59 Å². The first-order valence-corrected chi connectivity index (χ1v) is 5.02. The summed E-state index contributed by atoms with van der Waals surface area (Å²) in [5.74, 6) is -1.40. The minimum absolute atomic E-state index is 0.329. The molecule has 1 amide bonds. The lowest BCUT2D eigenvalue weighted by Crippen LogP contribution is -2.31. The van der Waals surface area contributed by atoms with Crippen molar-refractivity contribution in [3.05, 3.63) is 34.3 Å². The van der Waals surface area contributed by atoms with Crippen molar-refractivity contribution in [2.75, 3.05) is 13.6 Å². The first kappa shape index (κ1) is 12.5. The highest BCUT2D eigenvalue weighted by Crippen LogP contribution is 2.15. The summed E-state index contributed by atoms with van der Waals surface area (Å²) in [6, 6.07) is 4.93. The van der Waals surface area contributed by atoms with Gasteiger partial charge in [-0.25, -0.2) is 0 Å². The molecule has 0 radical (unpaired) electrons. The van der Waals surface area contributed by atoms with E-state index in [1.54, 1.807) is 12.1 Å². The molecule has 0 unspecified atom stereocenters. The number of aliphatic carboxylic acids is 1. The molecule has 0 bridgehead atoms. The van der Waals surface area contributed by atoms with Crippen LogP contribution in [0.4, 0.5) is 0 Å². The van der Waals surface area contributed by atoms with Gasteiger partial charge in [-0.15, -0.1) is 0 Å². The number of halogens is 1. The molecule has 4 nitrogen and oxygen atoms in total. The van der Waals surface area contributed by atoms with Crippen LogP contribution in [-0.4, -0.2) is 35.5 Å². The smallest absolute Gasteiger partial charge is 0.323 e. The standard InChI is InChI=1S/C11H12ClNO3/c1-7-3-8(5-9(12)4-7)11(16)13(2)6-10(14)15/h3-5H,6H2,1-2H3,(H,14,15). The zero-order chi connectivity index (χ0) is 12.3. The third-order valence-electron chi connectivity index (χ3n) is 2.01. The molecule has 5 heteroatoms. The molecule has 1 aromatic rings. The zero-order valence-corrected chi connectivity index (χ0v) is 9.78. The lowest BCUT2D eigenvalue weighted by molar-refractivity contribution is -0.137. The lowest BCUT2D eigenvalue weighted by Gasteiger charge is -2.14. The monoisotopic (exact) mass is 241 g/mol. The van der Waals surface area contributed by atoms with Gasteiger partial charge in [0.2, 0.25) is 0 Å². The zero-order valence-electron chi connectivity index (χ0n) is 9.03. The van der Waals surface area contributed by atoms with Crippen molar-refractivity contribution in [1.29, 1.82) is 0 Å². The summed E-state index contributed by atoms with van der Waals surface area (Å²) in [6.07, 6.45) is 0. The van der Waals surface area contributed by atoms with Gasteiger partial charge in [0.05, 0.1) is 0 Å². The summed E-state index contributed by atoms with van der Waals surface area (Å²) in [6.45, 7) is 1.49. The summed E-state index contributed by atoms with van der Waals surface area (Å²) in [4.78, 5) is 23.4. The molecule has 1 aromatic carbocycles. The van der Waals surface area contributed by atoms with Crippen LogP contribution in [0.2, 0.25) is 5.02 Å². The lowest BCUT2D eigenvalue weighted by atomic mass is 10.1. The summed E-state index contributed by atoms with van der Waals surface area (Å²) in [7, 11) is 1.44. The number of carboxylic acid groups (broad SMARTS) is 1. The number of benzene rings is 1. The molecular weight excluding hydrogens is 230 g/mol. The number of hydrogen-bond acceptors (Lipinski definition) is 2. The van der Waals surface area contributed by atoms with Crippen molar-refractivity contribution < 1.29 is 14.7 Å². The molecule has 0 fully saturated rings. The molecule has 0 saturated carbocycles. The molecule has 86 valence electrons. The minimum Gasteiger partial charge on any atom is -0.480 e. The third kappa shape index (κ3) is 3.24. The molecule has 0 heterocycles. The van der Waals surface area contributed by atoms with E-state index in [4.69, 9.17) is 16.7 Å². The second-order valence-corrected chi connectivity index (χ2v) is 4.01. The van der Waals surface area contributed by atoms with Crippen molar-refractivity contribution in [3.8, 4) is 0 Å². The SMILES string of the molecule is Cc1cc(Cl)cc(C(=O)N(C)CC(=O)O)c1. The van der Waals surface area contributed by atoms with Gasteiger partial charge in [0.15, 0.2) is 0 Å². The highest BCUT2D eigenvalue weighted by molar-refractivity contribution is 6.31. The third-order valence-corrected chi connectivity index (χ3v) is 2.23. The molecule has 0 aliphatic rings. The predicted molar refractivity (Wildman–Crippen MR) is 60.8 cm³/mol. The fourth-order valence-corrected chi connectivity index (χ4v) is 1.64. The van der Waals surface area contributed by atoms with E-state index < -0.39 is 5.97 Å². The predicted octanol–water partition coefficient (Wildman–Crippen LogP) is 1.81. The van der Waals surface area contributed by atoms with Crippen molar-refractivity contribution in [3.63, 3.8) is 0 Å². The minimum atomic E-state index is -1.05. The van der Waals surface area contributed by atoms with Crippen LogP contribution in [-0.2, 0) is 4.79 Å². The topological polar surface area (TPSA) is 57.6 Å². The Labute approximate surface area is 98.4 Å². The molecule has 0 saturated heterocycles. The van der Waals surface area contributed by atoms with Crippen LogP contribution in [0.5, 0.6) is 0 Å². The number of rotatable bonds is 3. The maximum Gasteiger partial charge on any atom is 0.323 e. The van der Waals surface area contributed by atoms with Gasteiger partial charge in [0.1, 0.15) is 6.54 Å². The number of carbonyl (C=O) groups excluding carboxylic acids is 1. The summed E-state index contributed by atoms with van der Waals surface area (Å²) in [5, 5.41) is 9.03. The van der Waals surface area contributed by atoms with Crippen molar-refractivity contribution in [1.82, 2.24) is 4.90 Å². The fraction of sp³-hybridized carbons (Fsp3) is 0.273. The Hall–Kier alpha value is -1.55. The van der Waals surface area contributed by atoms with Gasteiger partial charge in [-0.05, 0) is 30.7 Å². The van der Waals surface area contributed by atoms with Gasteiger partial charge in [-0.1, -0.05) is 11.6 Å². The Morgan fingerprint density at radius 2 is 2.00 bits per heavy atom. The second-order valence-electron chi connectivity index (χ2n) is 3.57. The molecular formula is C11H12ClNO3. The molecule has 1 N–H and O–H groups in total. The Morgan fingerprint density at radius 3 is 2.50 bits per heavy atom. The van der Waals surface area contributed by atoms with Crippen LogP contribution >= 0.6 is 11.6 Å². The van der Waals surface area contributed by atoms with Crippen LogP contribution in [0, 0.1) is 6.92 Å². The molecule has 1 rings (SSSR count). The first-order valence-electron chi connectivity index (χ1n) is 4.64. The van der Waals surface area contributed by atoms with Crippen LogP contribution in [0.1, 0.15) is 15.9 Å². The number of nitrogens with zero attached hydrogens (tertiary/aromatic N) is 1. The van der Waals surface area contributed by atoms with E-state index in [2.05, 4.69) is 0 Å². The van der Waals surface area contributed by atoms with Gasteiger partial charge >= 0.3 is 5.97 Å². The number of hydrogen-bond donors (Lipinski definition) is 1. The average Bonchev–Trinajstić information content (AvgIpc) is 2.13. The highest BCUT2D eigenvalue weighted by Gasteiger charge is 2.14. The number of carboxylic acids is 1. The average molecular weight is 242 g/mol. The highest BCUT2D eigenvalue weighted by atomic mass is 35.5. The normalized spacial score (nSPS) is 9.94. The van der Waals surface area contributed by atoms with Gasteiger partial charge in [0.25, 0.3) is 5.91 Å². The summed E-state index contributed by atoms with van der Waals surface area (Å²) < 4.78 is 0. The molecule has 16 heavy (non-hydrogen) atoms. The summed E-state index contributed by atoms with van der Waals surface area (Å²) in [5.41, 5.74) is 1.26. The van der Waals surface area contributed by atoms with Gasteiger partial charge in [-0.3, -0.25) is 9.59 Å². The van der Waals surface area contributed by atoms with Gasteiger partial charge < -0.3 is 10.0 Å². The van der Waals surface area contributed by atoms with Crippen LogP contribution in [0.3, 0.4) is 0 Å². The maximum atomic E-state index is 11.8. The van der Waals surface area contributed by atoms with Gasteiger partial charge in [0, 0.05) is 17.6 Å². The van der Waals surface area contributed by atoms with Crippen LogP contribution in [0.25, 0.3) is 0 Å². The number of likely N-dealkylation sites (N-methyl/N-ethyl adjacent to an activating group) is 1. The second kappa shape index (κ2) is 4.99. The van der Waals surface area contributed by atoms with E-state index in [-0.39, 0.29) is 12.5 Å². The van der Waals surface area contributed by atoms with E-state index >= 15 is 0 Å². The molecule has 0 spiro atoms. The van der Waals surface area contributed by atoms with Crippen LogP contribution < -0.4 is 0 Å². The van der Waals surface area contributed by atoms with Crippen molar-refractivity contribution in [2.24, 2.45) is 0 Å². The number of carbonyl (C=O) groups is 2. The van der Waals surface area contributed by atoms with Crippen molar-refractivity contribution in [2.45, 2.75) is 6.92 Å². The summed E-state index contributed by atoms with van der Waals surface area (Å²) >= 11 is 5.82. The van der Waals surface area contributed by atoms with E-state index in [0.29, 0.717) is 10.6 Å². The number of aryl methyl sites for hydroxylation is 1. The van der Waals surface area contributed by atoms with Gasteiger partial charge in [-0.2, -0.15) is 0 Å². The van der Waals surface area contributed by atoms with E-state index in [1.165, 1.54) is 13.1 Å². The first-order chi connectivity index (χ1) is 7.40. The van der Waals surface area contributed by atoms with E-state index in [1.807, 2.05) is 6.92 Å². The van der Waals surface area contributed by atoms with E-state index in [0.717, 1.165) is 10.5 Å². The Kier molecular flexibility index (Phi) is 3.90. The number of amides is 1. The maximum absolute atomic E-state index is 11.8. The molecule has 0 aliphatic carbocycles. The quantitative estimate of drug-likeness (QED) is 0.878. The van der Waals surface area contributed by atoms with Crippen molar-refractivity contribution >= 4 is 23.5 Å². The molecule has 0 aromatic heterocycles. The Balaban J connectivity index is 2.91. The Morgan fingerprint density at radius 1 is 1.38 bits per heavy atom. The Bertz CT molecular complexity index is 411. The van der Waals surface area contributed by atoms with Crippen LogP contribution in [0.15, 0.2) is 18.2 Å². The molecule has 0 aliphatic heterocycles. The molecule has 0 atom stereocenters. The largest absolute Gasteiger partial charge is 0.480 e.